The maximum absolute atomic E-state index is 13.7. The summed E-state index contributed by atoms with van der Waals surface area (Å²) < 4.78 is 0. The van der Waals surface area contributed by atoms with E-state index in [4.69, 9.17) is 0 Å². The molecule has 0 unspecified atom stereocenters. The van der Waals surface area contributed by atoms with Crippen molar-refractivity contribution in [3.05, 3.63) is 111 Å². The Morgan fingerprint density at radius 3 is 2.45 bits per heavy atom. The van der Waals surface area contributed by atoms with Crippen molar-refractivity contribution in [2.24, 2.45) is 0 Å². The molecule has 0 saturated heterocycles. The first-order chi connectivity index (χ1) is 16.0. The van der Waals surface area contributed by atoms with E-state index in [1.165, 1.54) is 17.0 Å². The molecule has 33 heavy (non-hydrogen) atoms. The molecule has 0 aliphatic carbocycles. The number of amides is 1. The van der Waals surface area contributed by atoms with Crippen molar-refractivity contribution in [2.75, 3.05) is 0 Å². The number of para-hydroxylation sites is 1. The molecule has 3 aromatic carbocycles. The second-order valence-corrected chi connectivity index (χ2v) is 7.95. The molecule has 2 N–H and O–H groups in total. The van der Waals surface area contributed by atoms with Crippen LogP contribution < -0.4 is 0 Å². The minimum Gasteiger partial charge on any atom is -0.480 e. The van der Waals surface area contributed by atoms with Gasteiger partial charge in [-0.25, -0.2) is 4.79 Å². The van der Waals surface area contributed by atoms with Crippen molar-refractivity contribution in [3.63, 3.8) is 0 Å². The summed E-state index contributed by atoms with van der Waals surface area (Å²) in [6.45, 7) is 0. The van der Waals surface area contributed by atoms with Gasteiger partial charge in [-0.1, -0.05) is 48.5 Å². The first kappa shape index (κ1) is 20.4. The first-order valence-corrected chi connectivity index (χ1v) is 10.4. The molecule has 0 fully saturated rings. The number of fused-ring (bicyclic) bond motifs is 3. The zero-order valence-corrected chi connectivity index (χ0v) is 17.3. The number of hydrogen-bond acceptors (Lipinski definition) is 4. The van der Waals surface area contributed by atoms with Gasteiger partial charge in [-0.05, 0) is 29.3 Å². The molecule has 164 valence electrons. The molecule has 2 heterocycles. The van der Waals surface area contributed by atoms with Crippen LogP contribution in [0, 0.1) is 10.1 Å². The van der Waals surface area contributed by atoms with Gasteiger partial charge in [-0.15, -0.1) is 0 Å². The Bertz CT molecular complexity index is 1400. The van der Waals surface area contributed by atoms with Crippen LogP contribution in [-0.2, 0) is 11.2 Å². The lowest BCUT2D eigenvalue weighted by Crippen LogP contribution is -2.51. The number of hydrogen-bond donors (Lipinski definition) is 2. The number of benzene rings is 3. The highest BCUT2D eigenvalue weighted by Crippen LogP contribution is 2.42. The number of nitrogens with zero attached hydrogens (tertiary/aromatic N) is 2. The molecule has 5 rings (SSSR count). The standard InChI is InChI=1S/C25H19N3O5/c29-24(15-7-2-1-3-8-15)27-21(25(30)31)14-19-18-11-4-5-12-20(18)26-22(19)23(27)16-9-6-10-17(13-16)28(32)33/h1-13,21,23,26H,14H2,(H,30,31)/t21-,23-/m1/s1. The van der Waals surface area contributed by atoms with Crippen LogP contribution in [0.4, 0.5) is 5.69 Å². The van der Waals surface area contributed by atoms with E-state index < -0.39 is 28.9 Å². The molecule has 0 radical (unpaired) electrons. The van der Waals surface area contributed by atoms with Crippen LogP contribution in [-0.4, -0.2) is 37.8 Å². The Kier molecular flexibility index (Phi) is 4.90. The molecule has 0 bridgehead atoms. The molecule has 1 amide bonds. The number of carbonyl (C=O) groups is 2. The summed E-state index contributed by atoms with van der Waals surface area (Å²) in [5.74, 6) is -1.59. The fraction of sp³-hybridized carbons (Fsp3) is 0.120. The fourth-order valence-corrected chi connectivity index (χ4v) is 4.62. The number of H-pyrrole nitrogens is 1. The molecule has 1 aliphatic heterocycles. The number of carboxylic acids is 1. The van der Waals surface area contributed by atoms with Crippen molar-refractivity contribution in [1.29, 1.82) is 0 Å². The minimum absolute atomic E-state index is 0.124. The van der Waals surface area contributed by atoms with Crippen LogP contribution in [0.2, 0.25) is 0 Å². The topological polar surface area (TPSA) is 117 Å². The zero-order chi connectivity index (χ0) is 23.1. The van der Waals surface area contributed by atoms with E-state index in [0.717, 1.165) is 16.5 Å². The summed E-state index contributed by atoms with van der Waals surface area (Å²) in [5.41, 5.74) is 2.96. The molecule has 1 aliphatic rings. The number of rotatable bonds is 4. The van der Waals surface area contributed by atoms with E-state index in [1.807, 2.05) is 24.3 Å². The number of nitrogens with one attached hydrogen (secondary N) is 1. The highest BCUT2D eigenvalue weighted by molar-refractivity contribution is 5.98. The van der Waals surface area contributed by atoms with Gasteiger partial charge in [0.1, 0.15) is 6.04 Å². The van der Waals surface area contributed by atoms with Crippen LogP contribution in [0.3, 0.4) is 0 Å². The average Bonchev–Trinajstić information content (AvgIpc) is 3.21. The second kappa shape index (κ2) is 7.90. The average molecular weight is 441 g/mol. The van der Waals surface area contributed by atoms with Gasteiger partial charge in [-0.2, -0.15) is 0 Å². The molecular formula is C25H19N3O5. The Labute approximate surface area is 188 Å². The van der Waals surface area contributed by atoms with Crippen LogP contribution in [0.15, 0.2) is 78.9 Å². The third-order valence-corrected chi connectivity index (χ3v) is 6.07. The maximum Gasteiger partial charge on any atom is 0.326 e. The number of aromatic nitrogens is 1. The lowest BCUT2D eigenvalue weighted by atomic mass is 9.87. The van der Waals surface area contributed by atoms with E-state index >= 15 is 0 Å². The van der Waals surface area contributed by atoms with Crippen LogP contribution >= 0.6 is 0 Å². The number of carbonyl (C=O) groups excluding carboxylic acids is 1. The number of carboxylic acid groups (broad SMARTS) is 1. The largest absolute Gasteiger partial charge is 0.480 e. The normalized spacial score (nSPS) is 17.5. The van der Waals surface area contributed by atoms with E-state index in [-0.39, 0.29) is 12.1 Å². The van der Waals surface area contributed by atoms with Gasteiger partial charge in [0.25, 0.3) is 11.6 Å². The predicted octanol–water partition coefficient (Wildman–Crippen LogP) is 4.32. The number of aliphatic carboxylic acids is 1. The number of non-ortho nitro benzene ring substituents is 1. The summed E-state index contributed by atoms with van der Waals surface area (Å²) >= 11 is 0. The van der Waals surface area contributed by atoms with Gasteiger partial charge < -0.3 is 15.0 Å². The van der Waals surface area contributed by atoms with Gasteiger partial charge in [0, 0.05) is 40.7 Å². The van der Waals surface area contributed by atoms with Crippen molar-refractivity contribution < 1.29 is 19.6 Å². The lowest BCUT2D eigenvalue weighted by Gasteiger charge is -2.40. The van der Waals surface area contributed by atoms with Crippen molar-refractivity contribution in [1.82, 2.24) is 9.88 Å². The highest BCUT2D eigenvalue weighted by Gasteiger charge is 2.44. The highest BCUT2D eigenvalue weighted by atomic mass is 16.6. The number of aromatic amines is 1. The smallest absolute Gasteiger partial charge is 0.326 e. The van der Waals surface area contributed by atoms with E-state index in [9.17, 15) is 24.8 Å². The van der Waals surface area contributed by atoms with E-state index in [1.54, 1.807) is 42.5 Å². The van der Waals surface area contributed by atoms with Crippen molar-refractivity contribution >= 4 is 28.5 Å². The predicted molar refractivity (Wildman–Crippen MR) is 121 cm³/mol. The Morgan fingerprint density at radius 1 is 1.00 bits per heavy atom. The lowest BCUT2D eigenvalue weighted by molar-refractivity contribution is -0.384. The second-order valence-electron chi connectivity index (χ2n) is 7.95. The Hall–Kier alpha value is -4.46. The van der Waals surface area contributed by atoms with Crippen LogP contribution in [0.1, 0.15) is 33.2 Å². The van der Waals surface area contributed by atoms with E-state index in [0.29, 0.717) is 16.8 Å². The molecule has 0 spiro atoms. The van der Waals surface area contributed by atoms with Crippen LogP contribution in [0.25, 0.3) is 10.9 Å². The monoisotopic (exact) mass is 441 g/mol. The SMILES string of the molecule is O=C(O)[C@H]1Cc2c([nH]c3ccccc23)[C@@H](c2cccc([N+](=O)[O-])c2)N1C(=O)c1ccccc1. The fourth-order valence-electron chi connectivity index (χ4n) is 4.62. The minimum atomic E-state index is -1.14. The van der Waals surface area contributed by atoms with Crippen LogP contribution in [0.5, 0.6) is 0 Å². The zero-order valence-electron chi connectivity index (χ0n) is 17.3. The summed E-state index contributed by atoms with van der Waals surface area (Å²) in [6.07, 6.45) is 0.124. The summed E-state index contributed by atoms with van der Waals surface area (Å²) in [4.78, 5) is 41.7. The van der Waals surface area contributed by atoms with Gasteiger partial charge >= 0.3 is 5.97 Å². The Balaban J connectivity index is 1.77. The molecule has 4 aromatic rings. The van der Waals surface area contributed by atoms with Gasteiger partial charge in [0.05, 0.1) is 11.0 Å². The first-order valence-electron chi connectivity index (χ1n) is 10.4. The summed E-state index contributed by atoms with van der Waals surface area (Å²) in [7, 11) is 0. The molecule has 1 aromatic heterocycles. The quantitative estimate of drug-likeness (QED) is 0.361. The van der Waals surface area contributed by atoms with Crippen molar-refractivity contribution in [2.45, 2.75) is 18.5 Å². The molecule has 2 atom stereocenters. The van der Waals surface area contributed by atoms with Gasteiger partial charge in [0.2, 0.25) is 0 Å². The number of nitro groups is 1. The molecule has 8 nitrogen and oxygen atoms in total. The number of nitro benzene ring substituents is 1. The summed E-state index contributed by atoms with van der Waals surface area (Å²) in [6, 6.07) is 20.0. The van der Waals surface area contributed by atoms with Gasteiger partial charge in [-0.3, -0.25) is 14.9 Å². The Morgan fingerprint density at radius 2 is 1.73 bits per heavy atom. The third-order valence-electron chi connectivity index (χ3n) is 6.07. The molecule has 0 saturated carbocycles. The summed E-state index contributed by atoms with van der Waals surface area (Å²) in [5, 5.41) is 22.5. The third kappa shape index (κ3) is 3.41. The molecular weight excluding hydrogens is 422 g/mol. The van der Waals surface area contributed by atoms with Crippen molar-refractivity contribution in [3.8, 4) is 0 Å². The maximum atomic E-state index is 13.7. The van der Waals surface area contributed by atoms with E-state index in [2.05, 4.69) is 4.98 Å². The molecule has 8 heteroatoms. The van der Waals surface area contributed by atoms with Gasteiger partial charge in [0.15, 0.2) is 0 Å².